The number of anilines is 1. The van der Waals surface area contributed by atoms with E-state index in [1.54, 1.807) is 0 Å². The average Bonchev–Trinajstić information content (AvgIpc) is 2.84. The molecule has 3 aliphatic rings. The van der Waals surface area contributed by atoms with Crippen molar-refractivity contribution in [1.29, 1.82) is 0 Å². The summed E-state index contributed by atoms with van der Waals surface area (Å²) in [7, 11) is 0. The Labute approximate surface area is 131 Å². The number of nitrogens with zero attached hydrogens (tertiary/aromatic N) is 1. The van der Waals surface area contributed by atoms with Crippen molar-refractivity contribution in [3.05, 3.63) is 29.8 Å². The number of carbonyl (C=O) groups is 1. The summed E-state index contributed by atoms with van der Waals surface area (Å²) in [6, 6.07) is 7.93. The number of hydrogen-bond donors (Lipinski definition) is 1. The van der Waals surface area contributed by atoms with Crippen LogP contribution in [0.3, 0.4) is 0 Å². The first kappa shape index (κ1) is 14.2. The lowest BCUT2D eigenvalue weighted by molar-refractivity contribution is 0.0454. The topological polar surface area (TPSA) is 41.6 Å². The van der Waals surface area contributed by atoms with Gasteiger partial charge in [0.05, 0.1) is 0 Å². The first-order valence-electron chi connectivity index (χ1n) is 8.49. The highest BCUT2D eigenvalue weighted by molar-refractivity contribution is 6.13. The van der Waals surface area contributed by atoms with Crippen molar-refractivity contribution >= 4 is 11.5 Å². The summed E-state index contributed by atoms with van der Waals surface area (Å²) in [6.45, 7) is 5.03. The van der Waals surface area contributed by atoms with Crippen molar-refractivity contribution in [2.45, 2.75) is 31.2 Å². The molecule has 0 unspecified atom stereocenters. The Morgan fingerprint density at radius 1 is 1.18 bits per heavy atom. The van der Waals surface area contributed by atoms with Crippen LogP contribution >= 0.6 is 0 Å². The Hall–Kier alpha value is -1.39. The summed E-state index contributed by atoms with van der Waals surface area (Å²) < 4.78 is 5.44. The molecule has 1 aromatic carbocycles. The van der Waals surface area contributed by atoms with Gasteiger partial charge in [-0.3, -0.25) is 4.79 Å². The zero-order valence-electron chi connectivity index (χ0n) is 13.0. The lowest BCUT2D eigenvalue weighted by Gasteiger charge is -2.40. The monoisotopic (exact) mass is 300 g/mol. The molecule has 22 heavy (non-hydrogen) atoms. The highest BCUT2D eigenvalue weighted by Gasteiger charge is 2.46. The quantitative estimate of drug-likeness (QED) is 0.911. The second-order valence-electron chi connectivity index (χ2n) is 6.94. The fourth-order valence-corrected chi connectivity index (χ4v) is 4.13. The van der Waals surface area contributed by atoms with Gasteiger partial charge in [-0.1, -0.05) is 12.1 Å². The Morgan fingerprint density at radius 2 is 1.91 bits per heavy atom. The molecule has 4 rings (SSSR count). The van der Waals surface area contributed by atoms with Crippen molar-refractivity contribution in [2.75, 3.05) is 38.2 Å². The van der Waals surface area contributed by atoms with Crippen molar-refractivity contribution in [3.8, 4) is 0 Å². The molecule has 0 saturated carbocycles. The van der Waals surface area contributed by atoms with Crippen LogP contribution in [0.5, 0.6) is 0 Å². The number of carbonyl (C=O) groups excluding carboxylic acids is 1. The predicted octanol–water partition coefficient (Wildman–Crippen LogP) is 2.56. The molecular weight excluding hydrogens is 276 g/mol. The van der Waals surface area contributed by atoms with Crippen LogP contribution in [0.25, 0.3) is 0 Å². The van der Waals surface area contributed by atoms with E-state index in [-0.39, 0.29) is 5.54 Å². The number of para-hydroxylation sites is 1. The number of nitrogens with one attached hydrogen (secondary N) is 1. The van der Waals surface area contributed by atoms with Crippen LogP contribution in [0.2, 0.25) is 0 Å². The number of hydrogen-bond acceptors (Lipinski definition) is 4. The number of benzene rings is 1. The standard InChI is InChI=1S/C18H24N2O2/c21-17-15-3-1-2-4-16(15)19-18(17)7-9-20(10-8-18)13-14-5-11-22-12-6-14/h1-4,14,19H,5-13H2. The Bertz CT molecular complexity index is 558. The van der Waals surface area contributed by atoms with E-state index in [0.29, 0.717) is 5.78 Å². The Kier molecular flexibility index (Phi) is 3.66. The van der Waals surface area contributed by atoms with E-state index in [2.05, 4.69) is 10.2 Å². The van der Waals surface area contributed by atoms with Crippen molar-refractivity contribution in [3.63, 3.8) is 0 Å². The van der Waals surface area contributed by atoms with Gasteiger partial charge in [-0.25, -0.2) is 0 Å². The van der Waals surface area contributed by atoms with Gasteiger partial charge in [-0.2, -0.15) is 0 Å². The number of ether oxygens (including phenoxy) is 1. The fourth-order valence-electron chi connectivity index (χ4n) is 4.13. The molecule has 4 heteroatoms. The predicted molar refractivity (Wildman–Crippen MR) is 86.3 cm³/mol. The molecule has 0 bridgehead atoms. The summed E-state index contributed by atoms with van der Waals surface area (Å²) in [6.07, 6.45) is 4.21. The highest BCUT2D eigenvalue weighted by Crippen LogP contribution is 2.38. The van der Waals surface area contributed by atoms with Crippen LogP contribution in [-0.4, -0.2) is 49.1 Å². The molecule has 0 amide bonds. The molecule has 0 aromatic heterocycles. The SMILES string of the molecule is O=C1c2ccccc2NC12CCN(CC1CCOCC1)CC2. The Balaban J connectivity index is 1.39. The van der Waals surface area contributed by atoms with Gasteiger partial charge < -0.3 is 15.0 Å². The van der Waals surface area contributed by atoms with Crippen LogP contribution in [0.15, 0.2) is 24.3 Å². The van der Waals surface area contributed by atoms with E-state index in [9.17, 15) is 4.79 Å². The summed E-state index contributed by atoms with van der Waals surface area (Å²) in [5.41, 5.74) is 1.56. The minimum absolute atomic E-state index is 0.300. The van der Waals surface area contributed by atoms with Gasteiger partial charge >= 0.3 is 0 Å². The minimum atomic E-state index is -0.337. The van der Waals surface area contributed by atoms with Gasteiger partial charge in [-0.05, 0) is 43.7 Å². The van der Waals surface area contributed by atoms with Gasteiger partial charge in [0.25, 0.3) is 0 Å². The maximum Gasteiger partial charge on any atom is 0.190 e. The molecule has 118 valence electrons. The molecule has 4 nitrogen and oxygen atoms in total. The van der Waals surface area contributed by atoms with Crippen molar-refractivity contribution in [1.82, 2.24) is 4.90 Å². The van der Waals surface area contributed by atoms with Crippen LogP contribution in [-0.2, 0) is 4.74 Å². The number of rotatable bonds is 2. The van der Waals surface area contributed by atoms with E-state index in [4.69, 9.17) is 4.74 Å². The normalized spacial score (nSPS) is 25.2. The Morgan fingerprint density at radius 3 is 2.64 bits per heavy atom. The van der Waals surface area contributed by atoms with E-state index in [1.165, 1.54) is 19.4 Å². The number of fused-ring (bicyclic) bond motifs is 1. The number of Topliss-reactive ketones (excluding diaryl/α,β-unsaturated/α-hetero) is 1. The van der Waals surface area contributed by atoms with Crippen molar-refractivity contribution < 1.29 is 9.53 Å². The van der Waals surface area contributed by atoms with Gasteiger partial charge in [-0.15, -0.1) is 0 Å². The lowest BCUT2D eigenvalue weighted by atomic mass is 9.83. The van der Waals surface area contributed by atoms with Crippen molar-refractivity contribution in [2.24, 2.45) is 5.92 Å². The smallest absolute Gasteiger partial charge is 0.190 e. The first-order valence-corrected chi connectivity index (χ1v) is 8.49. The molecule has 3 heterocycles. The van der Waals surface area contributed by atoms with E-state index >= 15 is 0 Å². The summed E-state index contributed by atoms with van der Waals surface area (Å²) in [5, 5.41) is 3.53. The maximum atomic E-state index is 12.8. The molecule has 2 saturated heterocycles. The molecular formula is C18H24N2O2. The molecule has 3 aliphatic heterocycles. The van der Waals surface area contributed by atoms with Crippen LogP contribution in [0.1, 0.15) is 36.0 Å². The van der Waals surface area contributed by atoms with Gasteiger partial charge in [0.15, 0.2) is 5.78 Å². The number of likely N-dealkylation sites (tertiary alicyclic amines) is 1. The second-order valence-corrected chi connectivity index (χ2v) is 6.94. The molecule has 1 N–H and O–H groups in total. The maximum absolute atomic E-state index is 12.8. The van der Waals surface area contributed by atoms with Gasteiger partial charge in [0, 0.05) is 44.1 Å². The third-order valence-electron chi connectivity index (χ3n) is 5.55. The summed E-state index contributed by atoms with van der Waals surface area (Å²) in [4.78, 5) is 15.3. The zero-order valence-corrected chi connectivity index (χ0v) is 13.0. The van der Waals surface area contributed by atoms with Crippen LogP contribution in [0, 0.1) is 5.92 Å². The third-order valence-corrected chi connectivity index (χ3v) is 5.55. The fraction of sp³-hybridized carbons (Fsp3) is 0.611. The summed E-state index contributed by atoms with van der Waals surface area (Å²) in [5.74, 6) is 1.07. The van der Waals surface area contributed by atoms with Gasteiger partial charge in [0.1, 0.15) is 5.54 Å². The molecule has 2 fully saturated rings. The molecule has 0 aliphatic carbocycles. The molecule has 0 atom stereocenters. The number of piperidine rings is 1. The van der Waals surface area contributed by atoms with Gasteiger partial charge in [0.2, 0.25) is 0 Å². The van der Waals surface area contributed by atoms with E-state index in [1.807, 2.05) is 24.3 Å². The molecule has 1 aromatic rings. The number of ketones is 1. The van der Waals surface area contributed by atoms with E-state index in [0.717, 1.165) is 56.3 Å². The first-order chi connectivity index (χ1) is 10.8. The molecule has 1 spiro atoms. The van der Waals surface area contributed by atoms with E-state index < -0.39 is 0 Å². The minimum Gasteiger partial charge on any atom is -0.381 e. The average molecular weight is 300 g/mol. The second kappa shape index (κ2) is 5.67. The van der Waals surface area contributed by atoms with Crippen LogP contribution in [0.4, 0.5) is 5.69 Å². The summed E-state index contributed by atoms with van der Waals surface area (Å²) >= 11 is 0. The third kappa shape index (κ3) is 2.44. The highest BCUT2D eigenvalue weighted by atomic mass is 16.5. The largest absolute Gasteiger partial charge is 0.381 e. The zero-order chi connectivity index (χ0) is 15.0. The van der Waals surface area contributed by atoms with Crippen LogP contribution < -0.4 is 5.32 Å². The molecule has 0 radical (unpaired) electrons. The lowest BCUT2D eigenvalue weighted by Crippen LogP contribution is -2.52.